The van der Waals surface area contributed by atoms with Gasteiger partial charge in [-0.05, 0) is 49.6 Å². The Morgan fingerprint density at radius 2 is 1.50 bits per heavy atom. The highest BCUT2D eigenvalue weighted by atomic mass is 19.4. The molecule has 0 N–H and O–H groups in total. The first-order chi connectivity index (χ1) is 19.7. The fraction of sp³-hybridized carbons (Fsp3) is 0.500. The van der Waals surface area contributed by atoms with Crippen molar-refractivity contribution in [3.05, 3.63) is 52.6 Å². The number of benzene rings is 2. The number of alkyl halides is 6. The molecule has 0 unspecified atom stereocenters. The van der Waals surface area contributed by atoms with Crippen LogP contribution in [-0.4, -0.2) is 51.1 Å². The van der Waals surface area contributed by atoms with Crippen molar-refractivity contribution in [1.82, 2.24) is 4.90 Å². The lowest BCUT2D eigenvalue weighted by Crippen LogP contribution is -2.47. The van der Waals surface area contributed by atoms with Gasteiger partial charge in [0.05, 0.1) is 50.8 Å². The van der Waals surface area contributed by atoms with Gasteiger partial charge in [0.15, 0.2) is 11.5 Å². The summed E-state index contributed by atoms with van der Waals surface area (Å²) in [6, 6.07) is 2.57. The van der Waals surface area contributed by atoms with Crippen LogP contribution < -0.4 is 14.4 Å². The lowest BCUT2D eigenvalue weighted by Gasteiger charge is -2.42. The highest BCUT2D eigenvalue weighted by Crippen LogP contribution is 2.47. The predicted molar refractivity (Wildman–Crippen MR) is 139 cm³/mol. The maximum absolute atomic E-state index is 13.5. The molecule has 3 rings (SSSR count). The molecule has 0 fully saturated rings. The Hall–Kier alpha value is -3.84. The number of unbranched alkanes of at least 4 members (excludes halogenated alkanes) is 1. The van der Waals surface area contributed by atoms with Crippen molar-refractivity contribution in [1.29, 1.82) is 0 Å². The Kier molecular flexibility index (Phi) is 10.1. The second-order valence-electron chi connectivity index (χ2n) is 9.72. The van der Waals surface area contributed by atoms with Crippen molar-refractivity contribution in [3.63, 3.8) is 0 Å². The fourth-order valence-corrected chi connectivity index (χ4v) is 4.83. The second kappa shape index (κ2) is 13.0. The van der Waals surface area contributed by atoms with Crippen molar-refractivity contribution < 1.29 is 54.9 Å². The normalized spacial score (nSPS) is 16.9. The summed E-state index contributed by atoms with van der Waals surface area (Å²) in [5, 5.41) is 0. The van der Waals surface area contributed by atoms with Crippen LogP contribution in [0.1, 0.15) is 61.4 Å². The zero-order chi connectivity index (χ0) is 31.4. The molecule has 0 aromatic heterocycles. The summed E-state index contributed by atoms with van der Waals surface area (Å²) in [6.07, 6.45) is -10.3. The molecule has 232 valence electrons. The minimum Gasteiger partial charge on any atom is -0.493 e. The van der Waals surface area contributed by atoms with Crippen LogP contribution in [0.5, 0.6) is 11.5 Å². The maximum Gasteiger partial charge on any atom is 0.416 e. The van der Waals surface area contributed by atoms with Crippen LogP contribution >= 0.6 is 0 Å². The highest BCUT2D eigenvalue weighted by molar-refractivity contribution is 5.91. The minimum atomic E-state index is -5.07. The van der Waals surface area contributed by atoms with Crippen LogP contribution in [-0.2, 0) is 28.4 Å². The van der Waals surface area contributed by atoms with Gasteiger partial charge in [-0.15, -0.1) is 0 Å². The molecule has 1 aliphatic heterocycles. The molecule has 0 spiro atoms. The fourth-order valence-electron chi connectivity index (χ4n) is 4.83. The van der Waals surface area contributed by atoms with Gasteiger partial charge in [-0.3, -0.25) is 9.80 Å². The zero-order valence-corrected chi connectivity index (χ0v) is 23.7. The molecular formula is C28H32F6N2O6. The summed E-state index contributed by atoms with van der Waals surface area (Å²) in [4.78, 5) is 28.6. The molecule has 2 aromatic carbocycles. The summed E-state index contributed by atoms with van der Waals surface area (Å²) in [6.45, 7) is 3.11. The SMILES string of the molecule is CCCCOC(=O)N1c2cc(OC)c(OC)cc2[C@@H](N(Cc2cc(C(F)(F)F)cc(C(F)(F)F)c2)C(=O)OC)C[C@H]1C. The number of carbonyl (C=O) groups is 2. The highest BCUT2D eigenvalue weighted by Gasteiger charge is 2.41. The van der Waals surface area contributed by atoms with Crippen molar-refractivity contribution in [2.45, 2.75) is 64.1 Å². The topological polar surface area (TPSA) is 77.5 Å². The van der Waals surface area contributed by atoms with E-state index < -0.39 is 59.9 Å². The van der Waals surface area contributed by atoms with E-state index in [0.29, 0.717) is 24.1 Å². The van der Waals surface area contributed by atoms with Crippen LogP contribution in [0.25, 0.3) is 0 Å². The van der Waals surface area contributed by atoms with Crippen LogP contribution in [0.2, 0.25) is 0 Å². The van der Waals surface area contributed by atoms with E-state index in [-0.39, 0.29) is 36.3 Å². The number of hydrogen-bond donors (Lipinski definition) is 0. The average molecular weight is 607 g/mol. The molecule has 1 heterocycles. The Labute approximate surface area is 239 Å². The summed E-state index contributed by atoms with van der Waals surface area (Å²) < 4.78 is 102. The number of nitrogens with zero attached hydrogens (tertiary/aromatic N) is 2. The quantitative estimate of drug-likeness (QED) is 0.228. The van der Waals surface area contributed by atoms with Gasteiger partial charge in [0.1, 0.15) is 0 Å². The van der Waals surface area contributed by atoms with E-state index in [4.69, 9.17) is 18.9 Å². The van der Waals surface area contributed by atoms with E-state index in [1.165, 1.54) is 31.3 Å². The predicted octanol–water partition coefficient (Wildman–Crippen LogP) is 7.59. The molecule has 42 heavy (non-hydrogen) atoms. The molecule has 2 aromatic rings. The lowest BCUT2D eigenvalue weighted by molar-refractivity contribution is -0.143. The van der Waals surface area contributed by atoms with Gasteiger partial charge in [-0.25, -0.2) is 9.59 Å². The molecule has 0 saturated carbocycles. The lowest BCUT2D eigenvalue weighted by atomic mass is 9.90. The van der Waals surface area contributed by atoms with Gasteiger partial charge >= 0.3 is 24.5 Å². The third-order valence-corrected chi connectivity index (χ3v) is 6.86. The van der Waals surface area contributed by atoms with Crippen LogP contribution in [0.4, 0.5) is 41.6 Å². The van der Waals surface area contributed by atoms with E-state index in [2.05, 4.69) is 0 Å². The number of rotatable bonds is 8. The van der Waals surface area contributed by atoms with Crippen molar-refractivity contribution in [2.75, 3.05) is 32.8 Å². The Morgan fingerprint density at radius 3 is 2.00 bits per heavy atom. The molecule has 2 amide bonds. The molecule has 0 bridgehead atoms. The summed E-state index contributed by atoms with van der Waals surface area (Å²) in [5.41, 5.74) is -2.85. The monoisotopic (exact) mass is 606 g/mol. The zero-order valence-electron chi connectivity index (χ0n) is 23.7. The van der Waals surface area contributed by atoms with Crippen LogP contribution in [0.3, 0.4) is 0 Å². The number of carbonyl (C=O) groups excluding carboxylic acids is 2. The standard InChI is InChI=1S/C28H32F6N2O6/c1-6-7-8-42-26(38)36-16(2)9-21(20-13-23(39-3)24(40-4)14-22(20)36)35(25(37)41-5)15-17-10-18(27(29,30)31)12-19(11-17)28(32,33)34/h10-14,16,21H,6-9,15H2,1-5H3/t16-,21+/m1/s1. The first-order valence-electron chi connectivity index (χ1n) is 13.0. The Balaban J connectivity index is 2.17. The summed E-state index contributed by atoms with van der Waals surface area (Å²) in [7, 11) is 3.78. The molecule has 0 saturated heterocycles. The van der Waals surface area contributed by atoms with Gasteiger partial charge in [-0.2, -0.15) is 26.3 Å². The largest absolute Gasteiger partial charge is 0.493 e. The molecular weight excluding hydrogens is 574 g/mol. The Bertz CT molecular complexity index is 1250. The maximum atomic E-state index is 13.5. The van der Waals surface area contributed by atoms with Crippen molar-refractivity contribution >= 4 is 17.9 Å². The van der Waals surface area contributed by atoms with Crippen molar-refractivity contribution in [2.24, 2.45) is 0 Å². The van der Waals surface area contributed by atoms with E-state index in [1.54, 1.807) is 6.92 Å². The van der Waals surface area contributed by atoms with E-state index >= 15 is 0 Å². The van der Waals surface area contributed by atoms with E-state index in [0.717, 1.165) is 18.4 Å². The molecule has 0 aliphatic carbocycles. The second-order valence-corrected chi connectivity index (χ2v) is 9.72. The number of halogens is 6. The van der Waals surface area contributed by atoms with Gasteiger partial charge in [0, 0.05) is 24.2 Å². The van der Waals surface area contributed by atoms with Crippen molar-refractivity contribution in [3.8, 4) is 11.5 Å². The molecule has 14 heteroatoms. The van der Waals surface area contributed by atoms with E-state index in [9.17, 15) is 35.9 Å². The van der Waals surface area contributed by atoms with E-state index in [1.807, 2.05) is 6.92 Å². The summed E-state index contributed by atoms with van der Waals surface area (Å²) in [5.74, 6) is 0.464. The molecule has 2 atom stereocenters. The average Bonchev–Trinajstić information content (AvgIpc) is 2.93. The number of hydrogen-bond acceptors (Lipinski definition) is 6. The third kappa shape index (κ3) is 7.13. The minimum absolute atomic E-state index is 0.0170. The molecule has 0 radical (unpaired) electrons. The van der Waals surface area contributed by atoms with Gasteiger partial charge < -0.3 is 18.9 Å². The van der Waals surface area contributed by atoms with Gasteiger partial charge in [0.2, 0.25) is 0 Å². The molecule has 8 nitrogen and oxygen atoms in total. The van der Waals surface area contributed by atoms with Crippen LogP contribution in [0.15, 0.2) is 30.3 Å². The number of fused-ring (bicyclic) bond motifs is 1. The van der Waals surface area contributed by atoms with Crippen LogP contribution in [0, 0.1) is 0 Å². The smallest absolute Gasteiger partial charge is 0.416 e. The van der Waals surface area contributed by atoms with Gasteiger partial charge in [-0.1, -0.05) is 13.3 Å². The number of amides is 2. The number of methoxy groups -OCH3 is 3. The third-order valence-electron chi connectivity index (χ3n) is 6.86. The summed E-state index contributed by atoms with van der Waals surface area (Å²) >= 11 is 0. The van der Waals surface area contributed by atoms with Gasteiger partial charge in [0.25, 0.3) is 0 Å². The number of anilines is 1. The first-order valence-corrected chi connectivity index (χ1v) is 13.0. The first kappa shape index (κ1) is 32.7. The molecule has 1 aliphatic rings. The number of ether oxygens (including phenoxy) is 4. The Morgan fingerprint density at radius 1 is 0.929 bits per heavy atom.